The molecule has 9 nitrogen and oxygen atoms in total. The molecule has 2 fully saturated rings. The third kappa shape index (κ3) is 10.5. The van der Waals surface area contributed by atoms with Crippen LogP contribution in [0.3, 0.4) is 0 Å². The highest BCUT2D eigenvalue weighted by molar-refractivity contribution is 5.87. The van der Waals surface area contributed by atoms with Gasteiger partial charge in [-0.25, -0.2) is 9.59 Å². The van der Waals surface area contributed by atoms with Crippen LogP contribution >= 0.6 is 0 Å². The van der Waals surface area contributed by atoms with Crippen molar-refractivity contribution >= 4 is 17.8 Å². The predicted molar refractivity (Wildman–Crippen MR) is 132 cm³/mol. The first-order chi connectivity index (χ1) is 18.3. The smallest absolute Gasteiger partial charge is 0.490 e. The molecule has 15 heteroatoms. The molecular weight excluding hydrogens is 552 g/mol. The lowest BCUT2D eigenvalue weighted by Crippen LogP contribution is -2.67. The van der Waals surface area contributed by atoms with E-state index in [-0.39, 0.29) is 5.54 Å². The maximum absolute atomic E-state index is 13.2. The van der Waals surface area contributed by atoms with Gasteiger partial charge in [0.05, 0.1) is 7.11 Å². The zero-order valence-corrected chi connectivity index (χ0v) is 22.7. The Balaban J connectivity index is 0.000000473. The van der Waals surface area contributed by atoms with Gasteiger partial charge in [0.1, 0.15) is 11.3 Å². The van der Waals surface area contributed by atoms with Gasteiger partial charge in [0.2, 0.25) is 5.91 Å². The maximum Gasteiger partial charge on any atom is 0.490 e. The topological polar surface area (TPSA) is 111 Å². The highest BCUT2D eigenvalue weighted by Gasteiger charge is 2.49. The van der Waals surface area contributed by atoms with Gasteiger partial charge in [-0.15, -0.1) is 0 Å². The SMILES string of the molecule is COc1ccc(CN2CCC3(CC2)C(=O)N(CC(C)C)CCN3C)cc1.O=C(O)C(F)(F)F.O=C(O)C(F)(F)F. The molecule has 2 aliphatic heterocycles. The van der Waals surface area contributed by atoms with Gasteiger partial charge in [0.15, 0.2) is 0 Å². The number of amides is 1. The molecule has 3 rings (SSSR count). The van der Waals surface area contributed by atoms with Gasteiger partial charge in [-0.05, 0) is 43.5 Å². The van der Waals surface area contributed by atoms with Crippen molar-refractivity contribution in [2.24, 2.45) is 5.92 Å². The van der Waals surface area contributed by atoms with E-state index < -0.39 is 24.3 Å². The number of ether oxygens (including phenoxy) is 1. The summed E-state index contributed by atoms with van der Waals surface area (Å²) in [6.07, 6.45) is -8.32. The summed E-state index contributed by atoms with van der Waals surface area (Å²) < 4.78 is 68.7. The molecule has 2 N–H and O–H groups in total. The van der Waals surface area contributed by atoms with Crippen LogP contribution in [0.15, 0.2) is 24.3 Å². The van der Waals surface area contributed by atoms with Crippen molar-refractivity contribution < 1.29 is 55.7 Å². The van der Waals surface area contributed by atoms with Crippen LogP contribution < -0.4 is 4.74 Å². The minimum absolute atomic E-state index is 0.288. The van der Waals surface area contributed by atoms with Crippen LogP contribution in [-0.2, 0) is 20.9 Å². The largest absolute Gasteiger partial charge is 0.497 e. The Kier molecular flexibility index (Phi) is 12.7. The number of aliphatic carboxylic acids is 2. The Bertz CT molecular complexity index is 953. The van der Waals surface area contributed by atoms with E-state index in [1.165, 1.54) is 5.56 Å². The van der Waals surface area contributed by atoms with Crippen molar-refractivity contribution in [1.29, 1.82) is 0 Å². The Hall–Kier alpha value is -3.07. The first-order valence-corrected chi connectivity index (χ1v) is 12.3. The average molecular weight is 588 g/mol. The number of likely N-dealkylation sites (tertiary alicyclic amines) is 1. The average Bonchev–Trinajstić information content (AvgIpc) is 2.85. The van der Waals surface area contributed by atoms with Gasteiger partial charge >= 0.3 is 24.3 Å². The van der Waals surface area contributed by atoms with E-state index in [0.717, 1.165) is 57.9 Å². The van der Waals surface area contributed by atoms with Gasteiger partial charge in [-0.1, -0.05) is 26.0 Å². The highest BCUT2D eigenvalue weighted by Crippen LogP contribution is 2.33. The molecule has 0 aliphatic carbocycles. The fourth-order valence-corrected chi connectivity index (χ4v) is 4.32. The quantitative estimate of drug-likeness (QED) is 0.502. The van der Waals surface area contributed by atoms with Crippen LogP contribution in [0, 0.1) is 5.92 Å². The molecule has 0 aromatic heterocycles. The van der Waals surface area contributed by atoms with Crippen LogP contribution in [0.5, 0.6) is 5.75 Å². The third-order valence-corrected chi connectivity index (χ3v) is 6.44. The van der Waals surface area contributed by atoms with Crippen molar-refractivity contribution in [2.45, 2.75) is 51.1 Å². The van der Waals surface area contributed by atoms with Gasteiger partial charge in [0.25, 0.3) is 0 Å². The summed E-state index contributed by atoms with van der Waals surface area (Å²) in [5.41, 5.74) is 1.01. The van der Waals surface area contributed by atoms with Gasteiger partial charge in [-0.3, -0.25) is 14.6 Å². The Morgan fingerprint density at radius 2 is 1.38 bits per heavy atom. The monoisotopic (exact) mass is 587 g/mol. The van der Waals surface area contributed by atoms with E-state index in [2.05, 4.69) is 47.7 Å². The minimum Gasteiger partial charge on any atom is -0.497 e. The molecule has 2 heterocycles. The van der Waals surface area contributed by atoms with Crippen LogP contribution in [0.25, 0.3) is 0 Å². The van der Waals surface area contributed by atoms with Crippen molar-refractivity contribution in [1.82, 2.24) is 14.7 Å². The molecule has 0 atom stereocenters. The van der Waals surface area contributed by atoms with Gasteiger partial charge < -0.3 is 19.8 Å². The molecule has 1 spiro atoms. The normalized spacial score (nSPS) is 18.0. The fourth-order valence-electron chi connectivity index (χ4n) is 4.32. The number of likely N-dealkylation sites (N-methyl/N-ethyl adjacent to an activating group) is 1. The van der Waals surface area contributed by atoms with Crippen molar-refractivity contribution in [3.8, 4) is 5.75 Å². The van der Waals surface area contributed by atoms with E-state index >= 15 is 0 Å². The minimum atomic E-state index is -5.08. The lowest BCUT2D eigenvalue weighted by Gasteiger charge is -2.52. The summed E-state index contributed by atoms with van der Waals surface area (Å²) in [5.74, 6) is -3.75. The van der Waals surface area contributed by atoms with Crippen LogP contribution in [0.4, 0.5) is 26.3 Å². The second kappa shape index (κ2) is 14.5. The number of hydrogen-bond donors (Lipinski definition) is 2. The second-order valence-electron chi connectivity index (χ2n) is 9.83. The van der Waals surface area contributed by atoms with Crippen LogP contribution in [0.2, 0.25) is 0 Å². The third-order valence-electron chi connectivity index (χ3n) is 6.44. The molecule has 1 aromatic carbocycles. The summed E-state index contributed by atoms with van der Waals surface area (Å²) in [6.45, 7) is 9.99. The number of carbonyl (C=O) groups excluding carboxylic acids is 1. The second-order valence-corrected chi connectivity index (χ2v) is 9.83. The van der Waals surface area contributed by atoms with Crippen LogP contribution in [-0.4, -0.2) is 108 Å². The summed E-state index contributed by atoms with van der Waals surface area (Å²) in [6, 6.07) is 8.29. The van der Waals surface area contributed by atoms with Crippen molar-refractivity contribution in [2.75, 3.05) is 46.9 Å². The molecule has 0 unspecified atom stereocenters. The first-order valence-electron chi connectivity index (χ1n) is 12.3. The highest BCUT2D eigenvalue weighted by atomic mass is 19.4. The molecule has 0 saturated carbocycles. The predicted octanol–water partition coefficient (Wildman–Crippen LogP) is 3.73. The van der Waals surface area contributed by atoms with E-state index in [1.54, 1.807) is 7.11 Å². The van der Waals surface area contributed by atoms with E-state index in [0.29, 0.717) is 11.8 Å². The number of piperidine rings is 1. The zero-order valence-electron chi connectivity index (χ0n) is 22.7. The van der Waals surface area contributed by atoms with Crippen molar-refractivity contribution in [3.63, 3.8) is 0 Å². The number of halogens is 6. The van der Waals surface area contributed by atoms with Gasteiger partial charge in [-0.2, -0.15) is 26.3 Å². The Morgan fingerprint density at radius 1 is 0.925 bits per heavy atom. The molecule has 2 aliphatic rings. The number of benzene rings is 1. The summed E-state index contributed by atoms with van der Waals surface area (Å²) >= 11 is 0. The number of rotatable bonds is 5. The number of carbonyl (C=O) groups is 3. The van der Waals surface area contributed by atoms with E-state index in [1.807, 2.05) is 12.1 Å². The van der Waals surface area contributed by atoms with Gasteiger partial charge in [0, 0.05) is 39.3 Å². The number of hydrogen-bond acceptors (Lipinski definition) is 6. The maximum atomic E-state index is 13.2. The number of methoxy groups -OCH3 is 1. The molecule has 228 valence electrons. The van der Waals surface area contributed by atoms with E-state index in [9.17, 15) is 31.1 Å². The molecule has 0 radical (unpaired) electrons. The lowest BCUT2D eigenvalue weighted by molar-refractivity contribution is -0.193. The number of nitrogens with zero attached hydrogens (tertiary/aromatic N) is 3. The standard InChI is InChI=1S/C21H33N3O2.2C2HF3O2/c1-17(2)15-24-14-13-22(3)21(20(24)25)9-11-23(12-10-21)16-18-5-7-19(26-4)8-6-18;2*3-2(4,5)1(6)7/h5-8,17H,9-16H2,1-4H3;2*(H,6,7). The zero-order chi connectivity index (χ0) is 30.9. The van der Waals surface area contributed by atoms with Crippen molar-refractivity contribution in [3.05, 3.63) is 29.8 Å². The molecule has 1 amide bonds. The number of carboxylic acid groups (broad SMARTS) is 2. The summed E-state index contributed by atoms with van der Waals surface area (Å²) in [5, 5.41) is 14.2. The Morgan fingerprint density at radius 3 is 1.75 bits per heavy atom. The molecule has 0 bridgehead atoms. The lowest BCUT2D eigenvalue weighted by atomic mass is 9.82. The number of carboxylic acids is 2. The summed E-state index contributed by atoms with van der Waals surface area (Å²) in [4.78, 5) is 37.9. The number of piperazine rings is 1. The molecule has 2 saturated heterocycles. The first kappa shape index (κ1) is 35.0. The summed E-state index contributed by atoms with van der Waals surface area (Å²) in [7, 11) is 3.82. The molecule has 40 heavy (non-hydrogen) atoms. The van der Waals surface area contributed by atoms with Crippen LogP contribution in [0.1, 0.15) is 32.3 Å². The Labute approximate surface area is 228 Å². The van der Waals surface area contributed by atoms with E-state index in [4.69, 9.17) is 24.5 Å². The molecule has 1 aromatic rings. The fraction of sp³-hybridized carbons (Fsp3) is 0.640. The number of alkyl halides is 6. The molecular formula is C25H35F6N3O6.